The van der Waals surface area contributed by atoms with Crippen molar-refractivity contribution in [3.8, 4) is 0 Å². The van der Waals surface area contributed by atoms with Crippen molar-refractivity contribution in [2.75, 3.05) is 0 Å². The van der Waals surface area contributed by atoms with Crippen LogP contribution in [-0.2, 0) is 12.8 Å². The highest BCUT2D eigenvalue weighted by Gasteiger charge is 2.09. The molecule has 0 aliphatic carbocycles. The fourth-order valence-electron chi connectivity index (χ4n) is 1.47. The van der Waals surface area contributed by atoms with Gasteiger partial charge in [0.25, 0.3) is 0 Å². The largest absolute Gasteiger partial charge is 0.328 e. The Bertz CT molecular complexity index is 255. The van der Waals surface area contributed by atoms with Crippen LogP contribution in [0.25, 0.3) is 0 Å². The first-order valence-corrected chi connectivity index (χ1v) is 4.70. The minimum atomic E-state index is -2.29. The van der Waals surface area contributed by atoms with Crippen LogP contribution in [0.15, 0.2) is 24.3 Å². The third-order valence-corrected chi connectivity index (χ3v) is 2.03. The summed E-state index contributed by atoms with van der Waals surface area (Å²) in [6.45, 7) is 1.87. The van der Waals surface area contributed by atoms with E-state index in [2.05, 4.69) is 0 Å². The zero-order chi connectivity index (χ0) is 10.6. The molecule has 78 valence electrons. The zero-order valence-corrected chi connectivity index (χ0v) is 8.21. The quantitative estimate of drug-likeness (QED) is 0.791. The lowest BCUT2D eigenvalue weighted by molar-refractivity contribution is 0.149. The third-order valence-electron chi connectivity index (χ3n) is 2.03. The first kappa shape index (κ1) is 11.1. The zero-order valence-electron chi connectivity index (χ0n) is 8.21. The van der Waals surface area contributed by atoms with Crippen LogP contribution in [0.4, 0.5) is 8.78 Å². The van der Waals surface area contributed by atoms with Gasteiger partial charge in [-0.2, -0.15) is 0 Å². The lowest BCUT2D eigenvalue weighted by atomic mass is 9.99. The molecule has 1 atom stereocenters. The Kier molecular flexibility index (Phi) is 4.01. The van der Waals surface area contributed by atoms with Gasteiger partial charge in [-0.3, -0.25) is 0 Å². The minimum absolute atomic E-state index is 0.00817. The molecule has 1 rings (SSSR count). The van der Waals surface area contributed by atoms with Gasteiger partial charge in [-0.1, -0.05) is 24.3 Å². The second-order valence-electron chi connectivity index (χ2n) is 3.55. The molecule has 14 heavy (non-hydrogen) atoms. The van der Waals surface area contributed by atoms with E-state index in [9.17, 15) is 8.78 Å². The second-order valence-corrected chi connectivity index (χ2v) is 3.55. The van der Waals surface area contributed by atoms with Crippen molar-refractivity contribution >= 4 is 0 Å². The van der Waals surface area contributed by atoms with Gasteiger partial charge >= 0.3 is 0 Å². The average Bonchev–Trinajstić information content (AvgIpc) is 2.06. The van der Waals surface area contributed by atoms with Crippen molar-refractivity contribution < 1.29 is 8.78 Å². The van der Waals surface area contributed by atoms with E-state index in [0.717, 1.165) is 5.56 Å². The highest BCUT2D eigenvalue weighted by molar-refractivity contribution is 5.28. The predicted molar refractivity (Wildman–Crippen MR) is 53.5 cm³/mol. The molecule has 3 heteroatoms. The van der Waals surface area contributed by atoms with Gasteiger partial charge in [-0.05, 0) is 24.5 Å². The van der Waals surface area contributed by atoms with Gasteiger partial charge in [0.05, 0.1) is 0 Å². The molecule has 1 aromatic rings. The number of nitrogens with two attached hydrogens (primary N) is 1. The SMILES string of the molecule is CC(N)Cc1ccccc1CC(F)F. The summed E-state index contributed by atoms with van der Waals surface area (Å²) in [5.41, 5.74) is 7.28. The maximum Gasteiger partial charge on any atom is 0.242 e. The fraction of sp³-hybridized carbons (Fsp3) is 0.455. The summed E-state index contributed by atoms with van der Waals surface area (Å²) in [4.78, 5) is 0. The van der Waals surface area contributed by atoms with Gasteiger partial charge in [0.1, 0.15) is 0 Å². The van der Waals surface area contributed by atoms with E-state index in [1.165, 1.54) is 0 Å². The Labute approximate surface area is 82.9 Å². The van der Waals surface area contributed by atoms with Crippen molar-refractivity contribution in [3.05, 3.63) is 35.4 Å². The number of rotatable bonds is 4. The molecule has 0 aliphatic heterocycles. The van der Waals surface area contributed by atoms with Crippen LogP contribution in [0.5, 0.6) is 0 Å². The molecule has 0 heterocycles. The molecule has 1 nitrogen and oxygen atoms in total. The van der Waals surface area contributed by atoms with Crippen LogP contribution < -0.4 is 5.73 Å². The summed E-state index contributed by atoms with van der Waals surface area (Å²) in [7, 11) is 0. The van der Waals surface area contributed by atoms with Crippen LogP contribution in [-0.4, -0.2) is 12.5 Å². The maximum atomic E-state index is 12.2. The summed E-state index contributed by atoms with van der Waals surface area (Å²) < 4.78 is 24.4. The van der Waals surface area contributed by atoms with Crippen molar-refractivity contribution in [2.24, 2.45) is 5.73 Å². The van der Waals surface area contributed by atoms with Crippen LogP contribution in [0, 0.1) is 0 Å². The fourth-order valence-corrected chi connectivity index (χ4v) is 1.47. The molecule has 2 N–H and O–H groups in total. The van der Waals surface area contributed by atoms with E-state index < -0.39 is 6.43 Å². The van der Waals surface area contributed by atoms with E-state index >= 15 is 0 Å². The summed E-state index contributed by atoms with van der Waals surface area (Å²) >= 11 is 0. The second kappa shape index (κ2) is 5.05. The molecule has 0 bridgehead atoms. The lowest BCUT2D eigenvalue weighted by Gasteiger charge is -2.10. The van der Waals surface area contributed by atoms with Crippen LogP contribution in [0.3, 0.4) is 0 Å². The average molecular weight is 199 g/mol. The van der Waals surface area contributed by atoms with Gasteiger partial charge in [-0.15, -0.1) is 0 Å². The van der Waals surface area contributed by atoms with Crippen molar-refractivity contribution in [1.29, 1.82) is 0 Å². The standard InChI is InChI=1S/C11H15F2N/c1-8(14)6-9-4-2-3-5-10(9)7-11(12)13/h2-5,8,11H,6-7,14H2,1H3. The van der Waals surface area contributed by atoms with E-state index in [1.54, 1.807) is 12.1 Å². The highest BCUT2D eigenvalue weighted by atomic mass is 19.3. The molecule has 0 amide bonds. The van der Waals surface area contributed by atoms with E-state index in [0.29, 0.717) is 12.0 Å². The maximum absolute atomic E-state index is 12.2. The normalized spacial score (nSPS) is 13.2. The van der Waals surface area contributed by atoms with Crippen molar-refractivity contribution in [1.82, 2.24) is 0 Å². The van der Waals surface area contributed by atoms with Crippen molar-refractivity contribution in [2.45, 2.75) is 32.2 Å². The molecule has 0 saturated carbocycles. The Hall–Kier alpha value is -0.960. The van der Waals surface area contributed by atoms with E-state index in [-0.39, 0.29) is 12.5 Å². The molecule has 0 saturated heterocycles. The predicted octanol–water partition coefficient (Wildman–Crippen LogP) is 2.38. The van der Waals surface area contributed by atoms with Crippen molar-refractivity contribution in [3.63, 3.8) is 0 Å². The third kappa shape index (κ3) is 3.42. The molecule has 1 aromatic carbocycles. The van der Waals surface area contributed by atoms with Gasteiger partial charge in [-0.25, -0.2) is 8.78 Å². The monoisotopic (exact) mass is 199 g/mol. The number of hydrogen-bond donors (Lipinski definition) is 1. The molecule has 0 spiro atoms. The number of alkyl halides is 2. The topological polar surface area (TPSA) is 26.0 Å². The summed E-state index contributed by atoms with van der Waals surface area (Å²) in [6, 6.07) is 7.24. The Balaban J connectivity index is 2.80. The Morgan fingerprint density at radius 2 is 1.64 bits per heavy atom. The van der Waals surface area contributed by atoms with Gasteiger partial charge in [0, 0.05) is 12.5 Å². The number of benzene rings is 1. The number of hydrogen-bond acceptors (Lipinski definition) is 1. The minimum Gasteiger partial charge on any atom is -0.328 e. The Morgan fingerprint density at radius 1 is 1.14 bits per heavy atom. The molecule has 0 radical (unpaired) electrons. The highest BCUT2D eigenvalue weighted by Crippen LogP contribution is 2.14. The summed E-state index contributed by atoms with van der Waals surface area (Å²) in [5, 5.41) is 0. The Morgan fingerprint density at radius 3 is 2.07 bits per heavy atom. The number of halogens is 2. The first-order valence-electron chi connectivity index (χ1n) is 4.70. The van der Waals surface area contributed by atoms with Crippen LogP contribution in [0.2, 0.25) is 0 Å². The van der Waals surface area contributed by atoms with E-state index in [4.69, 9.17) is 5.73 Å². The molecule has 0 fully saturated rings. The van der Waals surface area contributed by atoms with Gasteiger partial charge in [0.2, 0.25) is 6.43 Å². The van der Waals surface area contributed by atoms with Gasteiger partial charge in [0.15, 0.2) is 0 Å². The summed E-state index contributed by atoms with van der Waals surface area (Å²) in [5.74, 6) is 0. The van der Waals surface area contributed by atoms with E-state index in [1.807, 2.05) is 19.1 Å². The smallest absolute Gasteiger partial charge is 0.242 e. The molecular formula is C11H15F2N. The summed E-state index contributed by atoms with van der Waals surface area (Å²) in [6.07, 6.45) is -1.81. The van der Waals surface area contributed by atoms with Gasteiger partial charge < -0.3 is 5.73 Å². The molecule has 0 aromatic heterocycles. The molecule has 1 unspecified atom stereocenters. The lowest BCUT2D eigenvalue weighted by Crippen LogP contribution is -2.19. The van der Waals surface area contributed by atoms with Crippen LogP contribution in [0.1, 0.15) is 18.1 Å². The molecule has 0 aliphatic rings. The first-order chi connectivity index (χ1) is 6.59. The van der Waals surface area contributed by atoms with Crippen LogP contribution >= 0.6 is 0 Å². The molecular weight excluding hydrogens is 184 g/mol.